The fraction of sp³-hybridized carbons (Fsp3) is 0.455. The lowest BCUT2D eigenvalue weighted by molar-refractivity contribution is -0.125. The summed E-state index contributed by atoms with van der Waals surface area (Å²) in [5.74, 6) is 0.181. The molecule has 2 heterocycles. The average molecular weight is 432 g/mol. The van der Waals surface area contributed by atoms with E-state index < -0.39 is 10.0 Å². The molecule has 8 heteroatoms. The highest BCUT2D eigenvalue weighted by atomic mass is 32.2. The number of aryl methyl sites for hydroxylation is 5. The number of rotatable bonds is 4. The molecule has 0 unspecified atom stereocenters. The van der Waals surface area contributed by atoms with Gasteiger partial charge >= 0.3 is 0 Å². The summed E-state index contributed by atoms with van der Waals surface area (Å²) in [6.07, 6.45) is 3.99. The zero-order valence-corrected chi connectivity index (χ0v) is 19.0. The molecule has 0 saturated carbocycles. The molecule has 1 fully saturated rings. The lowest BCUT2D eigenvalue weighted by Gasteiger charge is -2.21. The van der Waals surface area contributed by atoms with E-state index in [9.17, 15) is 13.2 Å². The maximum atomic E-state index is 13.0. The molecule has 0 bridgehead atoms. The summed E-state index contributed by atoms with van der Waals surface area (Å²) in [4.78, 5) is 14.6. The molecule has 2 aromatic rings. The van der Waals surface area contributed by atoms with Crippen molar-refractivity contribution >= 4 is 22.0 Å². The minimum Gasteiger partial charge on any atom is -0.360 e. The molecule has 30 heavy (non-hydrogen) atoms. The molecule has 1 aliphatic rings. The number of hydrogen-bond acceptors (Lipinski definition) is 5. The van der Waals surface area contributed by atoms with Crippen molar-refractivity contribution in [2.75, 3.05) is 26.2 Å². The van der Waals surface area contributed by atoms with Gasteiger partial charge in [-0.1, -0.05) is 17.3 Å². The molecule has 1 aromatic heterocycles. The zero-order valence-electron chi connectivity index (χ0n) is 18.2. The van der Waals surface area contributed by atoms with Crippen LogP contribution in [0, 0.1) is 34.6 Å². The fourth-order valence-corrected chi connectivity index (χ4v) is 5.52. The van der Waals surface area contributed by atoms with Crippen LogP contribution in [-0.4, -0.2) is 54.9 Å². The SMILES string of the molecule is Cc1cc(C)c(/C=C/C(=O)N2CCCN(S(=O)(=O)c3c(C)noc3C)CC2)cc1C. The van der Waals surface area contributed by atoms with Gasteiger partial charge in [0.2, 0.25) is 15.9 Å². The van der Waals surface area contributed by atoms with E-state index >= 15 is 0 Å². The number of hydrogen-bond donors (Lipinski definition) is 0. The van der Waals surface area contributed by atoms with Crippen LogP contribution < -0.4 is 0 Å². The second-order valence-electron chi connectivity index (χ2n) is 7.86. The first-order chi connectivity index (χ1) is 14.1. The Bertz CT molecular complexity index is 1070. The Morgan fingerprint density at radius 2 is 1.70 bits per heavy atom. The van der Waals surface area contributed by atoms with Crippen molar-refractivity contribution in [3.8, 4) is 0 Å². The topological polar surface area (TPSA) is 83.7 Å². The van der Waals surface area contributed by atoms with E-state index in [0.29, 0.717) is 31.7 Å². The molecule has 1 aromatic carbocycles. The number of carbonyl (C=O) groups excluding carboxylic acids is 1. The van der Waals surface area contributed by atoms with Gasteiger partial charge in [-0.2, -0.15) is 4.31 Å². The van der Waals surface area contributed by atoms with Gasteiger partial charge in [-0.15, -0.1) is 0 Å². The van der Waals surface area contributed by atoms with Crippen LogP contribution in [0.3, 0.4) is 0 Å². The first-order valence-electron chi connectivity index (χ1n) is 10.1. The molecule has 1 saturated heterocycles. The van der Waals surface area contributed by atoms with Gasteiger partial charge in [0.1, 0.15) is 10.6 Å². The molecule has 1 aliphatic heterocycles. The lowest BCUT2D eigenvalue weighted by Crippen LogP contribution is -2.37. The van der Waals surface area contributed by atoms with E-state index in [1.165, 1.54) is 15.4 Å². The molecule has 1 amide bonds. The number of aromatic nitrogens is 1. The molecular formula is C22H29N3O4S. The summed E-state index contributed by atoms with van der Waals surface area (Å²) in [5, 5.41) is 3.76. The van der Waals surface area contributed by atoms with Crippen LogP contribution in [0.4, 0.5) is 0 Å². The van der Waals surface area contributed by atoms with Crippen LogP contribution in [0.2, 0.25) is 0 Å². The predicted molar refractivity (Wildman–Crippen MR) is 116 cm³/mol. The maximum Gasteiger partial charge on any atom is 0.248 e. The number of sulfonamides is 1. The van der Waals surface area contributed by atoms with Crippen molar-refractivity contribution in [1.29, 1.82) is 0 Å². The van der Waals surface area contributed by atoms with Crippen LogP contribution in [-0.2, 0) is 14.8 Å². The normalized spacial score (nSPS) is 16.2. The van der Waals surface area contributed by atoms with Gasteiger partial charge in [-0.25, -0.2) is 8.42 Å². The van der Waals surface area contributed by atoms with E-state index in [1.807, 2.05) is 13.0 Å². The van der Waals surface area contributed by atoms with Gasteiger partial charge in [-0.3, -0.25) is 4.79 Å². The van der Waals surface area contributed by atoms with Crippen LogP contribution in [0.1, 0.15) is 40.1 Å². The number of benzene rings is 1. The van der Waals surface area contributed by atoms with Crippen LogP contribution in [0.5, 0.6) is 0 Å². The Morgan fingerprint density at radius 3 is 2.37 bits per heavy atom. The van der Waals surface area contributed by atoms with Crippen molar-refractivity contribution < 1.29 is 17.7 Å². The van der Waals surface area contributed by atoms with E-state index in [2.05, 4.69) is 31.1 Å². The molecule has 0 N–H and O–H groups in total. The Morgan fingerprint density at radius 1 is 1.00 bits per heavy atom. The molecule has 7 nitrogen and oxygen atoms in total. The van der Waals surface area contributed by atoms with Crippen LogP contribution in [0.25, 0.3) is 6.08 Å². The largest absolute Gasteiger partial charge is 0.360 e. The first kappa shape index (κ1) is 22.2. The predicted octanol–water partition coefficient (Wildman–Crippen LogP) is 3.15. The quantitative estimate of drug-likeness (QED) is 0.695. The van der Waals surface area contributed by atoms with E-state index in [0.717, 1.165) is 11.1 Å². The van der Waals surface area contributed by atoms with Gasteiger partial charge in [0.15, 0.2) is 5.76 Å². The van der Waals surface area contributed by atoms with Crippen molar-refractivity contribution in [3.63, 3.8) is 0 Å². The average Bonchev–Trinajstić information content (AvgIpc) is 2.88. The number of nitrogens with zero attached hydrogens (tertiary/aromatic N) is 3. The molecule has 0 spiro atoms. The Balaban J connectivity index is 1.71. The Labute approximate surface area is 178 Å². The van der Waals surface area contributed by atoms with Crippen molar-refractivity contribution in [2.45, 2.75) is 45.9 Å². The van der Waals surface area contributed by atoms with Crippen molar-refractivity contribution in [2.24, 2.45) is 0 Å². The van der Waals surface area contributed by atoms with Crippen molar-refractivity contribution in [1.82, 2.24) is 14.4 Å². The minimum absolute atomic E-state index is 0.107. The third-order valence-corrected chi connectivity index (χ3v) is 7.76. The Hall–Kier alpha value is -2.45. The van der Waals surface area contributed by atoms with Gasteiger partial charge in [-0.05, 0) is 69.4 Å². The fourth-order valence-electron chi connectivity index (χ4n) is 3.76. The highest BCUT2D eigenvalue weighted by molar-refractivity contribution is 7.89. The summed E-state index contributed by atoms with van der Waals surface area (Å²) in [5.41, 5.74) is 4.90. The number of carbonyl (C=O) groups is 1. The molecular weight excluding hydrogens is 402 g/mol. The molecule has 0 aliphatic carbocycles. The third-order valence-electron chi connectivity index (χ3n) is 5.62. The highest BCUT2D eigenvalue weighted by Crippen LogP contribution is 2.24. The third kappa shape index (κ3) is 4.49. The van der Waals surface area contributed by atoms with Crippen LogP contribution >= 0.6 is 0 Å². The maximum absolute atomic E-state index is 13.0. The highest BCUT2D eigenvalue weighted by Gasteiger charge is 2.32. The minimum atomic E-state index is -3.70. The zero-order chi connectivity index (χ0) is 22.1. The summed E-state index contributed by atoms with van der Waals surface area (Å²) in [6, 6.07) is 4.19. The van der Waals surface area contributed by atoms with E-state index in [4.69, 9.17) is 4.52 Å². The lowest BCUT2D eigenvalue weighted by atomic mass is 10.0. The van der Waals surface area contributed by atoms with Crippen LogP contribution in [0.15, 0.2) is 27.6 Å². The summed E-state index contributed by atoms with van der Waals surface area (Å²) in [6.45, 7) is 10.8. The summed E-state index contributed by atoms with van der Waals surface area (Å²) < 4.78 is 32.5. The second kappa shape index (κ2) is 8.73. The monoisotopic (exact) mass is 431 g/mol. The standard InChI is InChI=1S/C22H29N3O4S/c1-15-13-17(3)20(14-16(15)2)7-8-21(26)24-9-6-10-25(12-11-24)30(27,28)22-18(4)23-29-19(22)5/h7-8,13-14H,6,9-12H2,1-5H3/b8-7+. The first-order valence-corrected chi connectivity index (χ1v) is 11.5. The van der Waals surface area contributed by atoms with Gasteiger partial charge in [0.05, 0.1) is 0 Å². The van der Waals surface area contributed by atoms with Gasteiger partial charge < -0.3 is 9.42 Å². The summed E-state index contributed by atoms with van der Waals surface area (Å²) in [7, 11) is -3.70. The summed E-state index contributed by atoms with van der Waals surface area (Å²) >= 11 is 0. The van der Waals surface area contributed by atoms with Gasteiger partial charge in [0, 0.05) is 32.3 Å². The second-order valence-corrected chi connectivity index (χ2v) is 9.74. The molecule has 162 valence electrons. The van der Waals surface area contributed by atoms with E-state index in [-0.39, 0.29) is 23.1 Å². The van der Waals surface area contributed by atoms with E-state index in [1.54, 1.807) is 24.8 Å². The molecule has 3 rings (SSSR count). The molecule has 0 radical (unpaired) electrons. The smallest absolute Gasteiger partial charge is 0.248 e. The van der Waals surface area contributed by atoms with Gasteiger partial charge in [0.25, 0.3) is 0 Å². The number of amides is 1. The van der Waals surface area contributed by atoms with Crippen molar-refractivity contribution in [3.05, 3.63) is 51.9 Å². The Kier molecular flexibility index (Phi) is 6.47. The molecule has 0 atom stereocenters.